The fraction of sp³-hybridized carbons (Fsp3) is 0.462. The lowest BCUT2D eigenvalue weighted by molar-refractivity contribution is 0.0696. The van der Waals surface area contributed by atoms with Crippen LogP contribution in [-0.2, 0) is 0 Å². The Morgan fingerprint density at radius 3 is 2.68 bits per heavy atom. The molecule has 1 aliphatic carbocycles. The highest BCUT2D eigenvalue weighted by Crippen LogP contribution is 2.30. The molecule has 0 spiro atoms. The van der Waals surface area contributed by atoms with Crippen molar-refractivity contribution in [3.63, 3.8) is 0 Å². The van der Waals surface area contributed by atoms with Crippen molar-refractivity contribution < 1.29 is 9.90 Å². The topological polar surface area (TPSA) is 72.9 Å². The summed E-state index contributed by atoms with van der Waals surface area (Å²) in [7, 11) is 0. The van der Waals surface area contributed by atoms with E-state index in [2.05, 4.69) is 10.2 Å². The van der Waals surface area contributed by atoms with Gasteiger partial charge in [0, 0.05) is 12.4 Å². The van der Waals surface area contributed by atoms with Gasteiger partial charge in [0.15, 0.2) is 5.82 Å². The van der Waals surface area contributed by atoms with Crippen LogP contribution in [0.1, 0.15) is 48.5 Å². The van der Waals surface area contributed by atoms with Gasteiger partial charge in [-0.1, -0.05) is 19.3 Å². The Hall–Kier alpha value is -2.11. The van der Waals surface area contributed by atoms with E-state index in [1.54, 1.807) is 23.1 Å². The molecule has 0 saturated heterocycles. The van der Waals surface area contributed by atoms with Crippen LogP contribution in [0.4, 0.5) is 0 Å². The number of carbonyl (C=O) groups is 1. The Kier molecular flexibility index (Phi) is 3.06. The number of aromatic carboxylic acids is 1. The second kappa shape index (κ2) is 4.87. The zero-order valence-electron chi connectivity index (χ0n) is 10.6. The first-order valence-electron chi connectivity index (χ1n) is 6.58. The Bertz CT molecular complexity index is 567. The zero-order valence-corrected chi connectivity index (χ0v) is 10.6. The number of carboxylic acid groups (broad SMARTS) is 1. The van der Waals surface area contributed by atoms with Gasteiger partial charge in [0.25, 0.3) is 0 Å². The van der Waals surface area contributed by atoms with Gasteiger partial charge in [-0.3, -0.25) is 0 Å². The van der Waals surface area contributed by atoms with E-state index in [1.807, 2.05) is 4.68 Å². The fourth-order valence-corrected chi connectivity index (χ4v) is 2.72. The Morgan fingerprint density at radius 2 is 2.05 bits per heavy atom. The van der Waals surface area contributed by atoms with E-state index in [-0.39, 0.29) is 11.6 Å². The van der Waals surface area contributed by atoms with E-state index in [0.29, 0.717) is 5.82 Å². The summed E-state index contributed by atoms with van der Waals surface area (Å²) in [5.74, 6) is -0.406. The Labute approximate surface area is 110 Å². The first-order valence-corrected chi connectivity index (χ1v) is 6.58. The molecule has 1 N–H and O–H groups in total. The smallest absolute Gasteiger partial charge is 0.341 e. The molecule has 2 aromatic rings. The maximum absolute atomic E-state index is 11.3. The molecule has 3 rings (SSSR count). The van der Waals surface area contributed by atoms with E-state index in [0.717, 1.165) is 12.8 Å². The van der Waals surface area contributed by atoms with Gasteiger partial charge in [0.05, 0.1) is 12.2 Å². The third-order valence-corrected chi connectivity index (χ3v) is 3.64. The van der Waals surface area contributed by atoms with Crippen molar-refractivity contribution in [2.24, 2.45) is 0 Å². The van der Waals surface area contributed by atoms with Crippen LogP contribution in [0, 0.1) is 0 Å². The minimum absolute atomic E-state index is 0.203. The van der Waals surface area contributed by atoms with Crippen LogP contribution in [0.2, 0.25) is 0 Å². The molecule has 0 aliphatic heterocycles. The molecule has 2 aromatic heterocycles. The summed E-state index contributed by atoms with van der Waals surface area (Å²) in [6.07, 6.45) is 10.5. The van der Waals surface area contributed by atoms with Crippen molar-refractivity contribution >= 4 is 5.97 Å². The molecule has 0 aromatic carbocycles. The molecule has 19 heavy (non-hydrogen) atoms. The number of hydrogen-bond donors (Lipinski definition) is 1. The molecule has 1 fully saturated rings. The van der Waals surface area contributed by atoms with Crippen LogP contribution in [0.5, 0.6) is 0 Å². The molecule has 6 heteroatoms. The van der Waals surface area contributed by atoms with Gasteiger partial charge in [-0.05, 0) is 18.9 Å². The lowest BCUT2D eigenvalue weighted by atomic mass is 9.95. The summed E-state index contributed by atoms with van der Waals surface area (Å²) < 4.78 is 3.42. The average Bonchev–Trinajstić information content (AvgIpc) is 3.08. The molecule has 1 aliphatic rings. The minimum Gasteiger partial charge on any atom is -0.477 e. The van der Waals surface area contributed by atoms with E-state index in [1.165, 1.54) is 25.5 Å². The van der Waals surface area contributed by atoms with Crippen LogP contribution >= 0.6 is 0 Å². The van der Waals surface area contributed by atoms with Crippen molar-refractivity contribution in [1.82, 2.24) is 19.6 Å². The summed E-state index contributed by atoms with van der Waals surface area (Å²) in [6, 6.07) is 2.06. The first kappa shape index (κ1) is 12.0. The van der Waals surface area contributed by atoms with Gasteiger partial charge >= 0.3 is 5.97 Å². The fourth-order valence-electron chi connectivity index (χ4n) is 2.72. The summed E-state index contributed by atoms with van der Waals surface area (Å²) in [5.41, 5.74) is 0.203. The van der Waals surface area contributed by atoms with Gasteiger partial charge in [0.2, 0.25) is 0 Å². The highest BCUT2D eigenvalue weighted by atomic mass is 16.4. The summed E-state index contributed by atoms with van der Waals surface area (Å²) >= 11 is 0. The number of hydrogen-bond acceptors (Lipinski definition) is 3. The second-order valence-corrected chi connectivity index (χ2v) is 4.87. The van der Waals surface area contributed by atoms with Crippen LogP contribution in [0.15, 0.2) is 24.7 Å². The average molecular weight is 260 g/mol. The molecule has 1 saturated carbocycles. The van der Waals surface area contributed by atoms with Gasteiger partial charge in [0.1, 0.15) is 5.56 Å². The largest absolute Gasteiger partial charge is 0.477 e. The maximum atomic E-state index is 11.3. The Morgan fingerprint density at radius 1 is 1.26 bits per heavy atom. The molecule has 6 nitrogen and oxygen atoms in total. The van der Waals surface area contributed by atoms with Gasteiger partial charge in [-0.2, -0.15) is 10.2 Å². The molecule has 0 amide bonds. The van der Waals surface area contributed by atoms with E-state index in [9.17, 15) is 9.90 Å². The van der Waals surface area contributed by atoms with Gasteiger partial charge in [-0.15, -0.1) is 0 Å². The van der Waals surface area contributed by atoms with Crippen molar-refractivity contribution in [3.05, 3.63) is 30.2 Å². The van der Waals surface area contributed by atoms with Crippen LogP contribution in [0.3, 0.4) is 0 Å². The lowest BCUT2D eigenvalue weighted by Crippen LogP contribution is -2.19. The van der Waals surface area contributed by atoms with Crippen molar-refractivity contribution in [1.29, 1.82) is 0 Å². The lowest BCUT2D eigenvalue weighted by Gasteiger charge is -2.23. The Balaban J connectivity index is 2.06. The molecular formula is C13H16N4O2. The van der Waals surface area contributed by atoms with Crippen molar-refractivity contribution in [2.75, 3.05) is 0 Å². The molecule has 0 bridgehead atoms. The normalized spacial score (nSPS) is 16.6. The standard InChI is InChI=1S/C13H16N4O2/c18-13(19)11-9-15-17(10-5-2-1-3-6-10)12(11)16-8-4-7-14-16/h4,7-10H,1-3,5-6H2,(H,18,19). The number of carboxylic acids is 1. The maximum Gasteiger partial charge on any atom is 0.341 e. The summed E-state index contributed by atoms with van der Waals surface area (Å²) in [5, 5.41) is 17.7. The molecule has 100 valence electrons. The minimum atomic E-state index is -0.965. The molecular weight excluding hydrogens is 244 g/mol. The third-order valence-electron chi connectivity index (χ3n) is 3.64. The van der Waals surface area contributed by atoms with Crippen LogP contribution < -0.4 is 0 Å². The van der Waals surface area contributed by atoms with Crippen LogP contribution in [-0.4, -0.2) is 30.6 Å². The van der Waals surface area contributed by atoms with Crippen molar-refractivity contribution in [2.45, 2.75) is 38.1 Å². The third kappa shape index (κ3) is 2.14. The highest BCUT2D eigenvalue weighted by molar-refractivity contribution is 5.90. The molecule has 0 radical (unpaired) electrons. The predicted molar refractivity (Wildman–Crippen MR) is 68.4 cm³/mol. The van der Waals surface area contributed by atoms with E-state index < -0.39 is 5.97 Å². The zero-order chi connectivity index (χ0) is 13.2. The van der Waals surface area contributed by atoms with E-state index >= 15 is 0 Å². The summed E-state index contributed by atoms with van der Waals surface area (Å²) in [4.78, 5) is 11.3. The molecule has 0 unspecified atom stereocenters. The summed E-state index contributed by atoms with van der Waals surface area (Å²) in [6.45, 7) is 0. The monoisotopic (exact) mass is 260 g/mol. The molecule has 0 atom stereocenters. The first-order chi connectivity index (χ1) is 9.27. The van der Waals surface area contributed by atoms with Gasteiger partial charge in [-0.25, -0.2) is 14.2 Å². The molecule has 2 heterocycles. The predicted octanol–water partition coefficient (Wildman–Crippen LogP) is 2.27. The van der Waals surface area contributed by atoms with Gasteiger partial charge < -0.3 is 5.11 Å². The number of nitrogens with zero attached hydrogens (tertiary/aromatic N) is 4. The van der Waals surface area contributed by atoms with Crippen LogP contribution in [0.25, 0.3) is 5.82 Å². The number of aromatic nitrogens is 4. The number of rotatable bonds is 3. The highest BCUT2D eigenvalue weighted by Gasteiger charge is 2.24. The second-order valence-electron chi connectivity index (χ2n) is 4.87. The van der Waals surface area contributed by atoms with E-state index in [4.69, 9.17) is 0 Å². The quantitative estimate of drug-likeness (QED) is 0.918. The van der Waals surface area contributed by atoms with Crippen molar-refractivity contribution in [3.8, 4) is 5.82 Å². The SMILES string of the molecule is O=C(O)c1cnn(C2CCCCC2)c1-n1cccn1.